The Morgan fingerprint density at radius 3 is 2.59 bits per heavy atom. The summed E-state index contributed by atoms with van der Waals surface area (Å²) in [7, 11) is 0. The largest absolute Gasteiger partial charge is 0.478 e. The minimum atomic E-state index is -1.99. The summed E-state index contributed by atoms with van der Waals surface area (Å²) in [4.78, 5) is 20.5. The third-order valence-electron chi connectivity index (χ3n) is 2.15. The predicted octanol–water partition coefficient (Wildman–Crippen LogP) is 2.34. The van der Waals surface area contributed by atoms with Crippen LogP contribution in [0.25, 0.3) is 0 Å². The van der Waals surface area contributed by atoms with E-state index in [9.17, 15) is 9.59 Å². The molecule has 0 radical (unpaired) electrons. The molecule has 2 N–H and O–H groups in total. The topological polar surface area (TPSA) is 66.4 Å². The molecule has 0 saturated heterocycles. The molecule has 0 aliphatic rings. The van der Waals surface area contributed by atoms with E-state index in [2.05, 4.69) is 5.32 Å². The Kier molecular flexibility index (Phi) is 4.37. The standard InChI is InChI=1S/C11H11Cl2NO3/c1-2-9(15)14-11(13,10(16)17)7-4-3-5-8(12)6-7/h3-6H,2H2,1H3,(H,14,15)(H,16,17). The zero-order valence-corrected chi connectivity index (χ0v) is 10.5. The molecule has 17 heavy (non-hydrogen) atoms. The van der Waals surface area contributed by atoms with Gasteiger partial charge in [0.2, 0.25) is 10.9 Å². The maximum atomic E-state index is 11.3. The van der Waals surface area contributed by atoms with E-state index in [0.29, 0.717) is 5.02 Å². The van der Waals surface area contributed by atoms with Crippen molar-refractivity contribution in [3.05, 3.63) is 34.9 Å². The molecule has 1 unspecified atom stereocenters. The van der Waals surface area contributed by atoms with Gasteiger partial charge in [-0.3, -0.25) is 4.79 Å². The van der Waals surface area contributed by atoms with Crippen molar-refractivity contribution in [1.82, 2.24) is 5.32 Å². The molecule has 6 heteroatoms. The van der Waals surface area contributed by atoms with E-state index in [1.807, 2.05) is 0 Å². The average molecular weight is 276 g/mol. The molecular weight excluding hydrogens is 265 g/mol. The van der Waals surface area contributed by atoms with Gasteiger partial charge in [0.15, 0.2) is 0 Å². The number of nitrogens with one attached hydrogen (secondary N) is 1. The Balaban J connectivity index is 3.16. The lowest BCUT2D eigenvalue weighted by Crippen LogP contribution is -2.47. The summed E-state index contributed by atoms with van der Waals surface area (Å²) in [5, 5.41) is 11.7. The van der Waals surface area contributed by atoms with Gasteiger partial charge in [-0.25, -0.2) is 4.79 Å². The normalized spacial score (nSPS) is 13.8. The van der Waals surface area contributed by atoms with Crippen LogP contribution in [0.15, 0.2) is 24.3 Å². The number of halogens is 2. The van der Waals surface area contributed by atoms with Crippen molar-refractivity contribution in [1.29, 1.82) is 0 Å². The van der Waals surface area contributed by atoms with Gasteiger partial charge in [-0.15, -0.1) is 0 Å². The van der Waals surface area contributed by atoms with Crippen LogP contribution in [0, 0.1) is 0 Å². The highest BCUT2D eigenvalue weighted by atomic mass is 35.5. The molecule has 4 nitrogen and oxygen atoms in total. The SMILES string of the molecule is CCC(=O)NC(Cl)(C(=O)O)c1cccc(Cl)c1. The first kappa shape index (κ1) is 13.8. The van der Waals surface area contributed by atoms with E-state index >= 15 is 0 Å². The number of amides is 1. The second kappa shape index (κ2) is 5.38. The van der Waals surface area contributed by atoms with Crippen molar-refractivity contribution in [3.8, 4) is 0 Å². The first-order chi connectivity index (χ1) is 7.90. The van der Waals surface area contributed by atoms with Gasteiger partial charge in [-0.05, 0) is 12.1 Å². The van der Waals surface area contributed by atoms with Crippen molar-refractivity contribution < 1.29 is 14.7 Å². The highest BCUT2D eigenvalue weighted by Crippen LogP contribution is 2.28. The molecule has 0 aromatic heterocycles. The lowest BCUT2D eigenvalue weighted by molar-refractivity contribution is -0.144. The quantitative estimate of drug-likeness (QED) is 0.655. The fraction of sp³-hybridized carbons (Fsp3) is 0.273. The third kappa shape index (κ3) is 3.11. The molecule has 0 saturated carbocycles. The first-order valence-corrected chi connectivity index (χ1v) is 5.65. The molecule has 0 fully saturated rings. The van der Waals surface area contributed by atoms with Gasteiger partial charge in [0.05, 0.1) is 0 Å². The number of carboxylic acid groups (broad SMARTS) is 1. The molecular formula is C11H11Cl2NO3. The molecule has 0 aliphatic carbocycles. The monoisotopic (exact) mass is 275 g/mol. The van der Waals surface area contributed by atoms with Crippen LogP contribution in [0.1, 0.15) is 18.9 Å². The molecule has 1 aromatic carbocycles. The van der Waals surface area contributed by atoms with Crippen LogP contribution in [-0.4, -0.2) is 17.0 Å². The first-order valence-electron chi connectivity index (χ1n) is 4.89. The summed E-state index contributed by atoms with van der Waals surface area (Å²) in [6.07, 6.45) is 0.141. The maximum Gasteiger partial charge on any atom is 0.350 e. The van der Waals surface area contributed by atoms with Crippen LogP contribution in [0.2, 0.25) is 5.02 Å². The minimum Gasteiger partial charge on any atom is -0.478 e. The summed E-state index contributed by atoms with van der Waals surface area (Å²) in [6, 6.07) is 6.04. The number of hydrogen-bond acceptors (Lipinski definition) is 2. The van der Waals surface area contributed by atoms with Gasteiger partial charge in [0, 0.05) is 17.0 Å². The Bertz CT molecular complexity index is 450. The highest BCUT2D eigenvalue weighted by Gasteiger charge is 2.39. The summed E-state index contributed by atoms with van der Waals surface area (Å²) in [5.41, 5.74) is 0.209. The van der Waals surface area contributed by atoms with Gasteiger partial charge in [-0.2, -0.15) is 0 Å². The molecule has 1 atom stereocenters. The molecule has 1 amide bonds. The molecule has 0 heterocycles. The molecule has 0 spiro atoms. The van der Waals surface area contributed by atoms with Crippen LogP contribution in [0.3, 0.4) is 0 Å². The fourth-order valence-electron chi connectivity index (χ4n) is 1.23. The second-order valence-corrected chi connectivity index (χ2v) is 4.38. The van der Waals surface area contributed by atoms with Crippen LogP contribution >= 0.6 is 23.2 Å². The molecule has 0 bridgehead atoms. The van der Waals surface area contributed by atoms with E-state index in [4.69, 9.17) is 28.3 Å². The Morgan fingerprint density at radius 1 is 1.47 bits per heavy atom. The Morgan fingerprint density at radius 2 is 2.12 bits per heavy atom. The number of alkyl halides is 1. The molecule has 1 rings (SSSR count). The predicted molar refractivity (Wildman–Crippen MR) is 65.1 cm³/mol. The van der Waals surface area contributed by atoms with Gasteiger partial charge < -0.3 is 10.4 Å². The number of carbonyl (C=O) groups excluding carboxylic acids is 1. The summed E-state index contributed by atoms with van der Waals surface area (Å²) in [5.74, 6) is -1.81. The van der Waals surface area contributed by atoms with Crippen molar-refractivity contribution in [2.45, 2.75) is 18.3 Å². The van der Waals surface area contributed by atoms with Crippen molar-refractivity contribution >= 4 is 35.1 Å². The second-order valence-electron chi connectivity index (χ2n) is 3.38. The van der Waals surface area contributed by atoms with Gasteiger partial charge in [-0.1, -0.05) is 42.3 Å². The van der Waals surface area contributed by atoms with Gasteiger partial charge in [0.1, 0.15) is 0 Å². The van der Waals surface area contributed by atoms with Gasteiger partial charge >= 0.3 is 5.97 Å². The van der Waals surface area contributed by atoms with E-state index in [-0.39, 0.29) is 12.0 Å². The lowest BCUT2D eigenvalue weighted by Gasteiger charge is -2.24. The van der Waals surface area contributed by atoms with Crippen molar-refractivity contribution in [2.24, 2.45) is 0 Å². The summed E-state index contributed by atoms with van der Waals surface area (Å²) in [6.45, 7) is 1.60. The smallest absolute Gasteiger partial charge is 0.350 e. The van der Waals surface area contributed by atoms with E-state index < -0.39 is 16.9 Å². The number of carboxylic acids is 1. The number of rotatable bonds is 4. The fourth-order valence-corrected chi connectivity index (χ4v) is 1.65. The highest BCUT2D eigenvalue weighted by molar-refractivity contribution is 6.35. The number of carbonyl (C=O) groups is 2. The number of benzene rings is 1. The van der Waals surface area contributed by atoms with Crippen LogP contribution in [0.4, 0.5) is 0 Å². The van der Waals surface area contributed by atoms with Gasteiger partial charge in [0.25, 0.3) is 0 Å². The average Bonchev–Trinajstić information content (AvgIpc) is 2.28. The van der Waals surface area contributed by atoms with E-state index in [0.717, 1.165) is 0 Å². The van der Waals surface area contributed by atoms with Crippen molar-refractivity contribution in [2.75, 3.05) is 0 Å². The zero-order chi connectivity index (χ0) is 13.1. The molecule has 92 valence electrons. The number of aliphatic carboxylic acids is 1. The Labute approximate surface area is 109 Å². The van der Waals surface area contributed by atoms with Crippen LogP contribution < -0.4 is 5.32 Å². The third-order valence-corrected chi connectivity index (χ3v) is 2.86. The minimum absolute atomic E-state index is 0.141. The van der Waals surface area contributed by atoms with E-state index in [1.54, 1.807) is 19.1 Å². The number of hydrogen-bond donors (Lipinski definition) is 2. The lowest BCUT2D eigenvalue weighted by atomic mass is 10.1. The van der Waals surface area contributed by atoms with E-state index in [1.165, 1.54) is 12.1 Å². The van der Waals surface area contributed by atoms with Crippen LogP contribution in [0.5, 0.6) is 0 Å². The van der Waals surface area contributed by atoms with Crippen molar-refractivity contribution in [3.63, 3.8) is 0 Å². The zero-order valence-electron chi connectivity index (χ0n) is 9.04. The molecule has 0 aliphatic heterocycles. The Hall–Kier alpha value is -1.26. The maximum absolute atomic E-state index is 11.3. The van der Waals surface area contributed by atoms with Crippen LogP contribution in [-0.2, 0) is 14.6 Å². The molecule has 1 aromatic rings. The summed E-state index contributed by atoms with van der Waals surface area (Å²) >= 11 is 11.7. The summed E-state index contributed by atoms with van der Waals surface area (Å²) < 4.78 is 0.